The standard InChI is InChI=1S/C11H14BrNO/c1-7-5-8(2)10(12)9(6-7)11(14)13(3)4/h5-6H,1-4H3. The van der Waals surface area contributed by atoms with Crippen LogP contribution in [0.5, 0.6) is 0 Å². The summed E-state index contributed by atoms with van der Waals surface area (Å²) in [7, 11) is 3.51. The highest BCUT2D eigenvalue weighted by atomic mass is 79.9. The van der Waals surface area contributed by atoms with Crippen molar-refractivity contribution < 1.29 is 4.79 Å². The van der Waals surface area contributed by atoms with Gasteiger partial charge in [0.05, 0.1) is 5.56 Å². The number of hydrogen-bond acceptors (Lipinski definition) is 1. The topological polar surface area (TPSA) is 20.3 Å². The number of halogens is 1. The van der Waals surface area contributed by atoms with E-state index in [2.05, 4.69) is 22.0 Å². The molecular formula is C11H14BrNO. The molecule has 1 rings (SSSR count). The highest BCUT2D eigenvalue weighted by Crippen LogP contribution is 2.23. The summed E-state index contributed by atoms with van der Waals surface area (Å²) in [5.74, 6) is 0.0312. The van der Waals surface area contributed by atoms with Crippen LogP contribution in [0.1, 0.15) is 21.5 Å². The van der Waals surface area contributed by atoms with Crippen LogP contribution < -0.4 is 0 Å². The summed E-state index contributed by atoms with van der Waals surface area (Å²) >= 11 is 3.44. The third kappa shape index (κ3) is 2.15. The van der Waals surface area contributed by atoms with Crippen LogP contribution in [0.15, 0.2) is 16.6 Å². The molecule has 14 heavy (non-hydrogen) atoms. The SMILES string of the molecule is Cc1cc(C)c(Br)c(C(=O)N(C)C)c1. The van der Waals surface area contributed by atoms with Crippen LogP contribution in [-0.2, 0) is 0 Å². The van der Waals surface area contributed by atoms with Crippen molar-refractivity contribution in [3.05, 3.63) is 33.3 Å². The first-order valence-electron chi connectivity index (χ1n) is 4.42. The Balaban J connectivity index is 3.27. The van der Waals surface area contributed by atoms with Gasteiger partial charge in [0.1, 0.15) is 0 Å². The van der Waals surface area contributed by atoms with Crippen molar-refractivity contribution in [1.82, 2.24) is 4.90 Å². The van der Waals surface area contributed by atoms with E-state index in [9.17, 15) is 4.79 Å². The van der Waals surface area contributed by atoms with E-state index in [1.54, 1.807) is 19.0 Å². The van der Waals surface area contributed by atoms with Crippen molar-refractivity contribution in [2.75, 3.05) is 14.1 Å². The second kappa shape index (κ2) is 4.13. The molecule has 0 radical (unpaired) electrons. The second-order valence-electron chi connectivity index (χ2n) is 3.64. The molecule has 3 heteroatoms. The molecule has 0 saturated carbocycles. The number of hydrogen-bond donors (Lipinski definition) is 0. The lowest BCUT2D eigenvalue weighted by molar-refractivity contribution is 0.0826. The summed E-state index contributed by atoms with van der Waals surface area (Å²) in [5, 5.41) is 0. The molecule has 1 aromatic carbocycles. The molecule has 0 saturated heterocycles. The largest absolute Gasteiger partial charge is 0.345 e. The number of amides is 1. The first-order valence-corrected chi connectivity index (χ1v) is 5.21. The lowest BCUT2D eigenvalue weighted by Crippen LogP contribution is -2.22. The summed E-state index contributed by atoms with van der Waals surface area (Å²) in [4.78, 5) is 13.3. The van der Waals surface area contributed by atoms with Gasteiger partial charge in [0.25, 0.3) is 5.91 Å². The van der Waals surface area contributed by atoms with E-state index in [1.165, 1.54) is 0 Å². The second-order valence-corrected chi connectivity index (χ2v) is 4.44. The first kappa shape index (κ1) is 11.2. The van der Waals surface area contributed by atoms with Crippen molar-refractivity contribution in [2.45, 2.75) is 13.8 Å². The summed E-state index contributed by atoms with van der Waals surface area (Å²) in [6.45, 7) is 3.98. The van der Waals surface area contributed by atoms with Gasteiger partial charge in [-0.3, -0.25) is 4.79 Å². The van der Waals surface area contributed by atoms with Crippen molar-refractivity contribution in [1.29, 1.82) is 0 Å². The third-order valence-corrected chi connectivity index (χ3v) is 3.09. The van der Waals surface area contributed by atoms with E-state index in [0.717, 1.165) is 21.2 Å². The number of rotatable bonds is 1. The molecule has 1 amide bonds. The fourth-order valence-corrected chi connectivity index (χ4v) is 1.75. The van der Waals surface area contributed by atoms with Gasteiger partial charge in [-0.15, -0.1) is 0 Å². The van der Waals surface area contributed by atoms with E-state index in [1.807, 2.05) is 19.9 Å². The predicted octanol–water partition coefficient (Wildman–Crippen LogP) is 2.77. The maximum absolute atomic E-state index is 11.8. The molecule has 0 aliphatic carbocycles. The molecule has 2 nitrogen and oxygen atoms in total. The third-order valence-electron chi connectivity index (χ3n) is 2.04. The van der Waals surface area contributed by atoms with Gasteiger partial charge in [0.2, 0.25) is 0 Å². The Morgan fingerprint density at radius 2 is 1.86 bits per heavy atom. The van der Waals surface area contributed by atoms with Crippen LogP contribution >= 0.6 is 15.9 Å². The van der Waals surface area contributed by atoms with Crippen LogP contribution in [-0.4, -0.2) is 24.9 Å². The summed E-state index contributed by atoms with van der Waals surface area (Å²) in [5.41, 5.74) is 2.93. The average molecular weight is 256 g/mol. The highest BCUT2D eigenvalue weighted by Gasteiger charge is 2.13. The normalized spacial score (nSPS) is 10.1. The van der Waals surface area contributed by atoms with Crippen LogP contribution in [0.25, 0.3) is 0 Å². The molecule has 0 spiro atoms. The maximum Gasteiger partial charge on any atom is 0.254 e. The Morgan fingerprint density at radius 1 is 1.29 bits per heavy atom. The Labute approximate surface area is 93.0 Å². The van der Waals surface area contributed by atoms with Crippen LogP contribution in [0.4, 0.5) is 0 Å². The quantitative estimate of drug-likeness (QED) is 0.756. The van der Waals surface area contributed by atoms with Gasteiger partial charge in [-0.25, -0.2) is 0 Å². The van der Waals surface area contributed by atoms with Gasteiger partial charge in [0, 0.05) is 18.6 Å². The molecule has 0 atom stereocenters. The zero-order chi connectivity index (χ0) is 10.9. The molecule has 0 fully saturated rings. The lowest BCUT2D eigenvalue weighted by atomic mass is 10.1. The van der Waals surface area contributed by atoms with Gasteiger partial charge < -0.3 is 4.90 Å². The summed E-state index contributed by atoms with van der Waals surface area (Å²) < 4.78 is 0.891. The fraction of sp³-hybridized carbons (Fsp3) is 0.364. The summed E-state index contributed by atoms with van der Waals surface area (Å²) in [6.07, 6.45) is 0. The van der Waals surface area contributed by atoms with Crippen LogP contribution in [0, 0.1) is 13.8 Å². The Bertz CT molecular complexity index is 372. The molecule has 1 aromatic rings. The summed E-state index contributed by atoms with van der Waals surface area (Å²) in [6, 6.07) is 3.95. The minimum absolute atomic E-state index is 0.0312. The number of nitrogens with zero attached hydrogens (tertiary/aromatic N) is 1. The maximum atomic E-state index is 11.8. The van der Waals surface area contributed by atoms with Crippen molar-refractivity contribution in [2.24, 2.45) is 0 Å². The Kier molecular flexibility index (Phi) is 3.32. The number of carbonyl (C=O) groups excluding carboxylic acids is 1. The molecule has 0 bridgehead atoms. The van der Waals surface area contributed by atoms with Gasteiger partial charge in [-0.2, -0.15) is 0 Å². The van der Waals surface area contributed by atoms with Crippen molar-refractivity contribution in [3.8, 4) is 0 Å². The molecule has 0 aliphatic heterocycles. The highest BCUT2D eigenvalue weighted by molar-refractivity contribution is 9.10. The zero-order valence-corrected chi connectivity index (χ0v) is 10.5. The predicted molar refractivity (Wildman–Crippen MR) is 61.6 cm³/mol. The smallest absolute Gasteiger partial charge is 0.254 e. The minimum Gasteiger partial charge on any atom is -0.345 e. The Morgan fingerprint density at radius 3 is 2.36 bits per heavy atom. The molecular weight excluding hydrogens is 242 g/mol. The van der Waals surface area contributed by atoms with Crippen molar-refractivity contribution in [3.63, 3.8) is 0 Å². The van der Waals surface area contributed by atoms with E-state index in [4.69, 9.17) is 0 Å². The van der Waals surface area contributed by atoms with Crippen molar-refractivity contribution >= 4 is 21.8 Å². The van der Waals surface area contributed by atoms with E-state index in [0.29, 0.717) is 0 Å². The fourth-order valence-electron chi connectivity index (χ4n) is 1.35. The first-order chi connectivity index (χ1) is 6.43. The van der Waals surface area contributed by atoms with E-state index < -0.39 is 0 Å². The van der Waals surface area contributed by atoms with Crippen LogP contribution in [0.3, 0.4) is 0 Å². The molecule has 0 N–H and O–H groups in total. The minimum atomic E-state index is 0.0312. The number of carbonyl (C=O) groups is 1. The van der Waals surface area contributed by atoms with Gasteiger partial charge in [-0.05, 0) is 47.0 Å². The van der Waals surface area contributed by atoms with E-state index in [-0.39, 0.29) is 5.91 Å². The van der Waals surface area contributed by atoms with Gasteiger partial charge in [0.15, 0.2) is 0 Å². The van der Waals surface area contributed by atoms with Gasteiger partial charge in [-0.1, -0.05) is 6.07 Å². The van der Waals surface area contributed by atoms with Gasteiger partial charge >= 0.3 is 0 Å². The average Bonchev–Trinajstić information content (AvgIpc) is 2.09. The molecule has 0 unspecified atom stereocenters. The van der Waals surface area contributed by atoms with Crippen LogP contribution in [0.2, 0.25) is 0 Å². The monoisotopic (exact) mass is 255 g/mol. The zero-order valence-electron chi connectivity index (χ0n) is 8.89. The number of benzene rings is 1. The molecule has 76 valence electrons. The number of aryl methyl sites for hydroxylation is 2. The van der Waals surface area contributed by atoms with E-state index >= 15 is 0 Å². The molecule has 0 heterocycles. The molecule has 0 aromatic heterocycles. The Hall–Kier alpha value is -0.830. The lowest BCUT2D eigenvalue weighted by Gasteiger charge is -2.13. The molecule has 0 aliphatic rings.